The van der Waals surface area contributed by atoms with Crippen LogP contribution in [0.15, 0.2) is 48.5 Å². The minimum atomic E-state index is -6.62. The van der Waals surface area contributed by atoms with Gasteiger partial charge in [0.05, 0.1) is 22.3 Å². The summed E-state index contributed by atoms with van der Waals surface area (Å²) in [5.41, 5.74) is -2.00. The van der Waals surface area contributed by atoms with Crippen molar-refractivity contribution in [2.45, 2.75) is 64.2 Å². The molecule has 7 unspecified atom stereocenters. The Balaban J connectivity index is 1.21. The Morgan fingerprint density at radius 1 is 0.894 bits per heavy atom. The van der Waals surface area contributed by atoms with Gasteiger partial charge >= 0.3 is 29.9 Å². The molecule has 10 nitrogen and oxygen atoms in total. The summed E-state index contributed by atoms with van der Waals surface area (Å²) in [4.78, 5) is 27.1. The molecule has 3 fully saturated rings. The third-order valence-electron chi connectivity index (χ3n) is 9.60. The van der Waals surface area contributed by atoms with Gasteiger partial charge in [-0.05, 0) is 28.7 Å². The third kappa shape index (κ3) is 4.81. The molecule has 4 bridgehead atoms. The van der Waals surface area contributed by atoms with Crippen LogP contribution in [0.25, 0.3) is 0 Å². The molecule has 19 heteroatoms. The summed E-state index contributed by atoms with van der Waals surface area (Å²) in [6.45, 7) is 0. The Hall–Kier alpha value is -2.87. The molecule has 6 aliphatic rings. The zero-order chi connectivity index (χ0) is 34.1. The fourth-order valence-corrected chi connectivity index (χ4v) is 13.1. The largest absolute Gasteiger partial charge is 0.458 e. The molecule has 8 rings (SSSR count). The van der Waals surface area contributed by atoms with Gasteiger partial charge in [-0.1, -0.05) is 48.5 Å². The SMILES string of the molecule is O=C(OC1C2OS(=O)(=O)C3C2SC1C3C(=O)OC(CS(=O)(=O)O)(C(F)(F)F)C(F)(F)F)C1CC2c3ccccc3C1c1ccccc12. The number of hydrogen-bond donors (Lipinski definition) is 1. The van der Waals surface area contributed by atoms with Crippen LogP contribution in [0.3, 0.4) is 0 Å². The van der Waals surface area contributed by atoms with Crippen LogP contribution >= 0.6 is 11.8 Å². The molecule has 1 N–H and O–H groups in total. The molecule has 0 aromatic heterocycles. The van der Waals surface area contributed by atoms with Crippen molar-refractivity contribution in [3.8, 4) is 0 Å². The molecule has 0 saturated carbocycles. The Morgan fingerprint density at radius 2 is 1.43 bits per heavy atom. The zero-order valence-electron chi connectivity index (χ0n) is 23.3. The summed E-state index contributed by atoms with van der Waals surface area (Å²) in [5, 5.41) is -4.72. The maximum atomic E-state index is 13.9. The van der Waals surface area contributed by atoms with E-state index in [1.807, 2.05) is 36.4 Å². The van der Waals surface area contributed by atoms with Gasteiger partial charge in [0.1, 0.15) is 23.2 Å². The summed E-state index contributed by atoms with van der Waals surface area (Å²) in [5.74, 6) is -10.1. The Kier molecular flexibility index (Phi) is 7.17. The molecule has 0 spiro atoms. The molecule has 0 amide bonds. The zero-order valence-corrected chi connectivity index (χ0v) is 25.8. The smallest absolute Gasteiger partial charge is 0.438 e. The quantitative estimate of drug-likeness (QED) is 0.201. The molecule has 3 heterocycles. The normalized spacial score (nSPS) is 33.3. The first-order chi connectivity index (χ1) is 21.8. The highest BCUT2D eigenvalue weighted by molar-refractivity contribution is 8.03. The standard InChI is InChI=1S/C28H22F6O10S3/c29-27(30,31)26(28(32,33)34,10-46(37,38)39)43-25(36)18-21-19(20-22(45-21)23(18)47(40,41)44-20)42-24(35)16-9-15-11-5-1-3-7-13(11)17(16)14-8-4-2-6-12(14)15/h1-8,15-23H,9-10H2,(H,37,38,39). The van der Waals surface area contributed by atoms with E-state index in [0.29, 0.717) is 18.2 Å². The van der Waals surface area contributed by atoms with Crippen LogP contribution in [0.2, 0.25) is 0 Å². The van der Waals surface area contributed by atoms with Crippen molar-refractivity contribution in [2.24, 2.45) is 11.8 Å². The van der Waals surface area contributed by atoms with Crippen molar-refractivity contribution in [2.75, 3.05) is 5.75 Å². The van der Waals surface area contributed by atoms with Gasteiger partial charge < -0.3 is 9.47 Å². The summed E-state index contributed by atoms with van der Waals surface area (Å²) < 4.78 is 156. The van der Waals surface area contributed by atoms with Gasteiger partial charge in [-0.2, -0.15) is 43.2 Å². The van der Waals surface area contributed by atoms with E-state index >= 15 is 0 Å². The second-order valence-electron chi connectivity index (χ2n) is 12.1. The van der Waals surface area contributed by atoms with Crippen LogP contribution in [0, 0.1) is 11.8 Å². The fourth-order valence-electron chi connectivity index (χ4n) is 7.79. The van der Waals surface area contributed by atoms with Crippen molar-refractivity contribution in [1.82, 2.24) is 0 Å². The lowest BCUT2D eigenvalue weighted by molar-refractivity contribution is -0.362. The Bertz CT molecular complexity index is 1830. The minimum absolute atomic E-state index is 0.199. The topological polar surface area (TPSA) is 150 Å². The predicted octanol–water partition coefficient (Wildman–Crippen LogP) is 3.70. The van der Waals surface area contributed by atoms with Crippen LogP contribution in [0.4, 0.5) is 26.3 Å². The summed E-state index contributed by atoms with van der Waals surface area (Å²) in [6, 6.07) is 14.9. The Labute approximate surface area is 267 Å². The minimum Gasteiger partial charge on any atom is -0.458 e. The molecule has 254 valence electrons. The number of ether oxygens (including phenoxy) is 2. The third-order valence-corrected chi connectivity index (χ3v) is 14.0. The summed E-state index contributed by atoms with van der Waals surface area (Å²) in [6.07, 6.45) is -15.9. The van der Waals surface area contributed by atoms with Gasteiger partial charge in [0.2, 0.25) is 0 Å². The van der Waals surface area contributed by atoms with Crippen molar-refractivity contribution >= 4 is 43.9 Å². The van der Waals surface area contributed by atoms with Crippen molar-refractivity contribution < 1.29 is 71.0 Å². The molecule has 2 aromatic carbocycles. The van der Waals surface area contributed by atoms with Gasteiger partial charge in [-0.15, -0.1) is 11.8 Å². The first kappa shape index (κ1) is 32.7. The molecule has 3 aliphatic carbocycles. The van der Waals surface area contributed by atoms with E-state index in [1.54, 1.807) is 12.1 Å². The van der Waals surface area contributed by atoms with Crippen molar-refractivity contribution in [1.29, 1.82) is 0 Å². The molecular formula is C28H22F6O10S3. The lowest BCUT2D eigenvalue weighted by Gasteiger charge is -2.44. The molecular weight excluding hydrogens is 706 g/mol. The molecule has 0 radical (unpaired) electrons. The van der Waals surface area contributed by atoms with Crippen LogP contribution in [0.5, 0.6) is 0 Å². The monoisotopic (exact) mass is 728 g/mol. The van der Waals surface area contributed by atoms with Crippen LogP contribution in [0.1, 0.15) is 40.5 Å². The van der Waals surface area contributed by atoms with Gasteiger partial charge in [0.25, 0.3) is 20.2 Å². The molecule has 2 aromatic rings. The van der Waals surface area contributed by atoms with E-state index in [2.05, 4.69) is 4.74 Å². The van der Waals surface area contributed by atoms with Crippen molar-refractivity contribution in [3.05, 3.63) is 70.8 Å². The van der Waals surface area contributed by atoms with Gasteiger partial charge in [-0.3, -0.25) is 18.3 Å². The van der Waals surface area contributed by atoms with E-state index < -0.39 is 102 Å². The van der Waals surface area contributed by atoms with E-state index in [1.165, 1.54) is 0 Å². The average molecular weight is 729 g/mol. The van der Waals surface area contributed by atoms with E-state index in [9.17, 15) is 52.8 Å². The Morgan fingerprint density at radius 3 is 1.94 bits per heavy atom. The number of alkyl halides is 6. The lowest BCUT2D eigenvalue weighted by atomic mass is 9.59. The lowest BCUT2D eigenvalue weighted by Crippen LogP contribution is -2.64. The maximum absolute atomic E-state index is 13.9. The summed E-state index contributed by atoms with van der Waals surface area (Å²) in [7, 11) is -10.9. The highest BCUT2D eigenvalue weighted by Gasteiger charge is 2.78. The number of thioether (sulfide) groups is 1. The summed E-state index contributed by atoms with van der Waals surface area (Å²) >= 11 is 0.680. The second kappa shape index (κ2) is 10.3. The first-order valence-corrected chi connectivity index (χ1v) is 18.1. The number of carbonyl (C=O) groups is 2. The van der Waals surface area contributed by atoms with E-state index in [0.717, 1.165) is 22.3 Å². The van der Waals surface area contributed by atoms with Crippen LogP contribution in [-0.2, 0) is 43.5 Å². The maximum Gasteiger partial charge on any atom is 0.438 e. The number of carbonyl (C=O) groups excluding carboxylic acids is 2. The van der Waals surface area contributed by atoms with Crippen LogP contribution < -0.4 is 0 Å². The van der Waals surface area contributed by atoms with Gasteiger partial charge in [0.15, 0.2) is 0 Å². The van der Waals surface area contributed by atoms with E-state index in [-0.39, 0.29) is 5.92 Å². The van der Waals surface area contributed by atoms with Crippen molar-refractivity contribution in [3.63, 3.8) is 0 Å². The van der Waals surface area contributed by atoms with E-state index in [4.69, 9.17) is 13.5 Å². The number of benzene rings is 2. The number of fused-ring (bicyclic) bond motifs is 2. The number of hydrogen-bond acceptors (Lipinski definition) is 10. The fraction of sp³-hybridized carbons (Fsp3) is 0.500. The highest BCUT2D eigenvalue weighted by Crippen LogP contribution is 2.61. The number of rotatable bonds is 6. The number of halogens is 6. The average Bonchev–Trinajstić information content (AvgIpc) is 3.58. The molecule has 3 saturated heterocycles. The molecule has 3 aliphatic heterocycles. The number of esters is 2. The predicted molar refractivity (Wildman–Crippen MR) is 148 cm³/mol. The second-order valence-corrected chi connectivity index (χ2v) is 16.6. The molecule has 7 atom stereocenters. The van der Waals surface area contributed by atoms with Gasteiger partial charge in [-0.25, -0.2) is 0 Å². The van der Waals surface area contributed by atoms with Gasteiger partial charge in [0, 0.05) is 11.8 Å². The molecule has 47 heavy (non-hydrogen) atoms. The first-order valence-electron chi connectivity index (χ1n) is 14.0. The highest BCUT2D eigenvalue weighted by atomic mass is 32.2. The van der Waals surface area contributed by atoms with Crippen LogP contribution in [-0.4, -0.2) is 85.0 Å².